The third-order valence-corrected chi connectivity index (χ3v) is 3.69. The Morgan fingerprint density at radius 3 is 2.67 bits per heavy atom. The molecule has 2 aromatic carbocycles. The Bertz CT molecular complexity index is 662. The summed E-state index contributed by atoms with van der Waals surface area (Å²) in [4.78, 5) is 0. The quantitative estimate of drug-likeness (QED) is 0.833. The molecule has 1 heteroatoms. The minimum absolute atomic E-state index is 0.0907. The molecule has 0 amide bonds. The molecule has 0 heterocycles. The fraction of sp³-hybridized carbons (Fsp3) is 0.176. The average molecular weight is 236 g/mol. The molecular weight excluding hydrogens is 220 g/mol. The Balaban J connectivity index is 2.28. The zero-order valence-electron chi connectivity index (χ0n) is 10.5. The van der Waals surface area contributed by atoms with Gasteiger partial charge >= 0.3 is 0 Å². The van der Waals surface area contributed by atoms with Gasteiger partial charge in [-0.1, -0.05) is 48.6 Å². The lowest BCUT2D eigenvalue weighted by atomic mass is 9.92. The maximum atomic E-state index is 9.72. The van der Waals surface area contributed by atoms with E-state index in [2.05, 4.69) is 43.3 Å². The van der Waals surface area contributed by atoms with E-state index in [0.29, 0.717) is 0 Å². The Kier molecular flexibility index (Phi) is 2.77. The second-order valence-electron chi connectivity index (χ2n) is 4.74. The second-order valence-corrected chi connectivity index (χ2v) is 4.74. The van der Waals surface area contributed by atoms with Gasteiger partial charge in [0, 0.05) is 0 Å². The molecule has 3 rings (SSSR count). The highest BCUT2D eigenvalue weighted by Crippen LogP contribution is 2.34. The Hall–Kier alpha value is -1.86. The summed E-state index contributed by atoms with van der Waals surface area (Å²) < 4.78 is 0. The Labute approximate surface area is 107 Å². The van der Waals surface area contributed by atoms with Gasteiger partial charge in [0.15, 0.2) is 0 Å². The van der Waals surface area contributed by atoms with Crippen LogP contribution in [-0.2, 0) is 6.61 Å². The van der Waals surface area contributed by atoms with E-state index in [1.165, 1.54) is 22.1 Å². The molecule has 0 aromatic heterocycles. The van der Waals surface area contributed by atoms with Gasteiger partial charge in [0.05, 0.1) is 6.61 Å². The lowest BCUT2D eigenvalue weighted by molar-refractivity contribution is 0.283. The third-order valence-electron chi connectivity index (χ3n) is 3.69. The summed E-state index contributed by atoms with van der Waals surface area (Å²) >= 11 is 0. The Morgan fingerprint density at radius 2 is 1.94 bits per heavy atom. The number of allylic oxidation sites excluding steroid dienone is 4. The van der Waals surface area contributed by atoms with Crippen molar-refractivity contribution in [1.82, 2.24) is 0 Å². The first kappa shape index (κ1) is 11.2. The van der Waals surface area contributed by atoms with Crippen molar-refractivity contribution in [2.45, 2.75) is 20.0 Å². The number of benzene rings is 2. The summed E-state index contributed by atoms with van der Waals surface area (Å²) in [6, 6.07) is 12.5. The van der Waals surface area contributed by atoms with Crippen molar-refractivity contribution in [3.63, 3.8) is 0 Å². The summed E-state index contributed by atoms with van der Waals surface area (Å²) in [6.45, 7) is 2.22. The van der Waals surface area contributed by atoms with E-state index >= 15 is 0 Å². The van der Waals surface area contributed by atoms with Crippen molar-refractivity contribution in [2.75, 3.05) is 0 Å². The molecule has 0 saturated carbocycles. The molecule has 1 aliphatic carbocycles. The van der Waals surface area contributed by atoms with Gasteiger partial charge in [-0.15, -0.1) is 0 Å². The standard InChI is InChI=1S/C17H16O/c1-12-5-4-8-14(12)16-10-9-13-6-2-3-7-15(13)17(16)11-18/h2-7,9-10,18H,8,11H2,1H3. The molecule has 0 saturated heterocycles. The predicted molar refractivity (Wildman–Crippen MR) is 76.2 cm³/mol. The zero-order valence-corrected chi connectivity index (χ0v) is 10.5. The normalized spacial score (nSPS) is 14.8. The zero-order chi connectivity index (χ0) is 12.5. The molecule has 2 aromatic rings. The van der Waals surface area contributed by atoms with Crippen molar-refractivity contribution in [2.24, 2.45) is 0 Å². The van der Waals surface area contributed by atoms with Crippen LogP contribution in [0.25, 0.3) is 16.3 Å². The number of aliphatic hydroxyl groups excluding tert-OH is 1. The van der Waals surface area contributed by atoms with Gasteiger partial charge in [0.25, 0.3) is 0 Å². The first-order chi connectivity index (χ1) is 8.81. The van der Waals surface area contributed by atoms with Gasteiger partial charge < -0.3 is 5.11 Å². The number of fused-ring (bicyclic) bond motifs is 1. The highest BCUT2D eigenvalue weighted by Gasteiger charge is 2.13. The van der Waals surface area contributed by atoms with Gasteiger partial charge in [-0.2, -0.15) is 0 Å². The molecule has 0 radical (unpaired) electrons. The predicted octanol–water partition coefficient (Wildman–Crippen LogP) is 4.07. The van der Waals surface area contributed by atoms with Gasteiger partial charge in [0.1, 0.15) is 0 Å². The topological polar surface area (TPSA) is 20.2 Å². The van der Waals surface area contributed by atoms with Crippen LogP contribution in [0.5, 0.6) is 0 Å². The number of hydrogen-bond donors (Lipinski definition) is 1. The summed E-state index contributed by atoms with van der Waals surface area (Å²) in [5, 5.41) is 12.1. The van der Waals surface area contributed by atoms with Crippen LogP contribution in [0.15, 0.2) is 54.1 Å². The van der Waals surface area contributed by atoms with Crippen molar-refractivity contribution in [1.29, 1.82) is 0 Å². The van der Waals surface area contributed by atoms with Crippen LogP contribution >= 0.6 is 0 Å². The van der Waals surface area contributed by atoms with E-state index in [0.717, 1.165) is 17.4 Å². The lowest BCUT2D eigenvalue weighted by Gasteiger charge is -2.13. The van der Waals surface area contributed by atoms with Gasteiger partial charge in [-0.3, -0.25) is 0 Å². The number of rotatable bonds is 2. The second kappa shape index (κ2) is 4.43. The minimum Gasteiger partial charge on any atom is -0.392 e. The van der Waals surface area contributed by atoms with Crippen LogP contribution in [0.2, 0.25) is 0 Å². The lowest BCUT2D eigenvalue weighted by Crippen LogP contribution is -1.95. The first-order valence-electron chi connectivity index (χ1n) is 6.29. The highest BCUT2D eigenvalue weighted by atomic mass is 16.3. The molecular formula is C17H16O. The monoisotopic (exact) mass is 236 g/mol. The van der Waals surface area contributed by atoms with E-state index in [1.807, 2.05) is 12.1 Å². The van der Waals surface area contributed by atoms with E-state index in [1.54, 1.807) is 0 Å². The van der Waals surface area contributed by atoms with Crippen LogP contribution in [0.4, 0.5) is 0 Å². The molecule has 0 unspecified atom stereocenters. The number of hydrogen-bond acceptors (Lipinski definition) is 1. The maximum absolute atomic E-state index is 9.72. The fourth-order valence-corrected chi connectivity index (χ4v) is 2.73. The van der Waals surface area contributed by atoms with E-state index in [4.69, 9.17) is 0 Å². The molecule has 1 aliphatic rings. The smallest absolute Gasteiger partial charge is 0.0693 e. The third kappa shape index (κ3) is 1.68. The maximum Gasteiger partial charge on any atom is 0.0693 e. The van der Waals surface area contributed by atoms with Crippen LogP contribution < -0.4 is 0 Å². The van der Waals surface area contributed by atoms with Crippen molar-refractivity contribution >= 4 is 16.3 Å². The van der Waals surface area contributed by atoms with Crippen LogP contribution in [0.3, 0.4) is 0 Å². The van der Waals surface area contributed by atoms with Crippen molar-refractivity contribution < 1.29 is 5.11 Å². The highest BCUT2D eigenvalue weighted by molar-refractivity contribution is 5.91. The first-order valence-corrected chi connectivity index (χ1v) is 6.29. The van der Waals surface area contributed by atoms with Crippen LogP contribution in [0, 0.1) is 0 Å². The molecule has 0 bridgehead atoms. The van der Waals surface area contributed by atoms with Gasteiger partial charge in [-0.25, -0.2) is 0 Å². The van der Waals surface area contributed by atoms with E-state index < -0.39 is 0 Å². The molecule has 1 nitrogen and oxygen atoms in total. The SMILES string of the molecule is CC1=C(c2ccc3ccccc3c2CO)CC=C1. The van der Waals surface area contributed by atoms with Crippen molar-refractivity contribution in [3.05, 3.63) is 65.3 Å². The Morgan fingerprint density at radius 1 is 1.11 bits per heavy atom. The van der Waals surface area contributed by atoms with Gasteiger partial charge in [0.2, 0.25) is 0 Å². The molecule has 0 atom stereocenters. The fourth-order valence-electron chi connectivity index (χ4n) is 2.73. The average Bonchev–Trinajstić information content (AvgIpc) is 2.83. The molecule has 0 aliphatic heterocycles. The van der Waals surface area contributed by atoms with E-state index in [9.17, 15) is 5.11 Å². The summed E-state index contributed by atoms with van der Waals surface area (Å²) in [5.74, 6) is 0. The van der Waals surface area contributed by atoms with Crippen LogP contribution in [0.1, 0.15) is 24.5 Å². The van der Waals surface area contributed by atoms with Gasteiger partial charge in [-0.05, 0) is 46.4 Å². The minimum atomic E-state index is 0.0907. The molecule has 0 fully saturated rings. The molecule has 1 N–H and O–H groups in total. The summed E-state index contributed by atoms with van der Waals surface area (Å²) in [7, 11) is 0. The number of aliphatic hydroxyl groups is 1. The largest absolute Gasteiger partial charge is 0.392 e. The molecule has 0 spiro atoms. The molecule has 18 heavy (non-hydrogen) atoms. The van der Waals surface area contributed by atoms with Crippen molar-refractivity contribution in [3.8, 4) is 0 Å². The van der Waals surface area contributed by atoms with E-state index in [-0.39, 0.29) is 6.61 Å². The summed E-state index contributed by atoms with van der Waals surface area (Å²) in [5.41, 5.74) is 4.88. The van der Waals surface area contributed by atoms with Crippen LogP contribution in [-0.4, -0.2) is 5.11 Å². The molecule has 90 valence electrons. The summed E-state index contributed by atoms with van der Waals surface area (Å²) in [6.07, 6.45) is 5.31.